The molecular weight excluding hydrogens is 396 g/mol. The van der Waals surface area contributed by atoms with Gasteiger partial charge in [-0.05, 0) is 80.2 Å². The maximum absolute atomic E-state index is 12.3. The topological polar surface area (TPSA) is 60.5 Å². The van der Waals surface area contributed by atoms with Gasteiger partial charge in [0.2, 0.25) is 6.79 Å². The standard InChI is InChI=1S/C24H28N2O5/c1-28-20-5-3-19(4-6-20)26-15-21(31-24(26)27)10-13-25-11-8-17(9-12-25)18-2-7-22-23(14-18)30-16-29-22/h2-7,14,17,21H,8-13,15-16H2,1H3. The molecule has 2 fully saturated rings. The molecule has 7 nitrogen and oxygen atoms in total. The minimum absolute atomic E-state index is 0.0683. The summed E-state index contributed by atoms with van der Waals surface area (Å²) in [6.07, 6.45) is 2.77. The van der Waals surface area contributed by atoms with Crippen LogP contribution in [0.3, 0.4) is 0 Å². The third-order valence-electron chi connectivity index (χ3n) is 6.48. The van der Waals surface area contributed by atoms with Crippen molar-refractivity contribution in [1.29, 1.82) is 0 Å². The van der Waals surface area contributed by atoms with Gasteiger partial charge < -0.3 is 23.8 Å². The third kappa shape index (κ3) is 4.28. The molecule has 1 unspecified atom stereocenters. The van der Waals surface area contributed by atoms with Crippen LogP contribution in [0.2, 0.25) is 0 Å². The van der Waals surface area contributed by atoms with Crippen molar-refractivity contribution in [2.45, 2.75) is 31.3 Å². The van der Waals surface area contributed by atoms with Crippen molar-refractivity contribution >= 4 is 11.8 Å². The highest BCUT2D eigenvalue weighted by molar-refractivity contribution is 5.89. The predicted octanol–water partition coefficient (Wildman–Crippen LogP) is 4.02. The average Bonchev–Trinajstić information content (AvgIpc) is 3.44. The summed E-state index contributed by atoms with van der Waals surface area (Å²) >= 11 is 0. The van der Waals surface area contributed by atoms with Crippen molar-refractivity contribution < 1.29 is 23.7 Å². The maximum Gasteiger partial charge on any atom is 0.414 e. The van der Waals surface area contributed by atoms with Gasteiger partial charge in [-0.2, -0.15) is 0 Å². The van der Waals surface area contributed by atoms with Crippen molar-refractivity contribution in [2.24, 2.45) is 0 Å². The van der Waals surface area contributed by atoms with E-state index in [1.54, 1.807) is 12.0 Å². The summed E-state index contributed by atoms with van der Waals surface area (Å²) in [5.41, 5.74) is 2.18. The molecule has 0 aromatic heterocycles. The van der Waals surface area contributed by atoms with Crippen molar-refractivity contribution in [3.8, 4) is 17.2 Å². The van der Waals surface area contributed by atoms with Gasteiger partial charge in [0.15, 0.2) is 11.5 Å². The van der Waals surface area contributed by atoms with Crippen LogP contribution in [0.1, 0.15) is 30.7 Å². The van der Waals surface area contributed by atoms with E-state index in [1.165, 1.54) is 5.56 Å². The first-order valence-corrected chi connectivity index (χ1v) is 10.9. The lowest BCUT2D eigenvalue weighted by molar-refractivity contribution is 0.120. The number of carbonyl (C=O) groups excluding carboxylic acids is 1. The Morgan fingerprint density at radius 3 is 2.58 bits per heavy atom. The number of rotatable bonds is 6. The third-order valence-corrected chi connectivity index (χ3v) is 6.48. The lowest BCUT2D eigenvalue weighted by atomic mass is 9.89. The van der Waals surface area contributed by atoms with Crippen LogP contribution in [0.25, 0.3) is 0 Å². The van der Waals surface area contributed by atoms with Crippen LogP contribution < -0.4 is 19.1 Å². The molecule has 0 spiro atoms. The smallest absolute Gasteiger partial charge is 0.414 e. The molecule has 7 heteroatoms. The van der Waals surface area contributed by atoms with Crippen molar-refractivity contribution in [1.82, 2.24) is 4.90 Å². The van der Waals surface area contributed by atoms with E-state index in [0.29, 0.717) is 19.3 Å². The van der Waals surface area contributed by atoms with Crippen LogP contribution in [0, 0.1) is 0 Å². The normalized spacial score (nSPS) is 21.4. The van der Waals surface area contributed by atoms with E-state index in [4.69, 9.17) is 18.9 Å². The van der Waals surface area contributed by atoms with Crippen LogP contribution in [-0.2, 0) is 4.74 Å². The molecule has 2 saturated heterocycles. The van der Waals surface area contributed by atoms with Crippen molar-refractivity contribution in [2.75, 3.05) is 45.0 Å². The number of anilines is 1. The Balaban J connectivity index is 1.09. The first kappa shape index (κ1) is 20.0. The second kappa shape index (κ2) is 8.67. The molecule has 0 bridgehead atoms. The van der Waals surface area contributed by atoms with Crippen LogP contribution in [0.15, 0.2) is 42.5 Å². The van der Waals surface area contributed by atoms with Crippen LogP contribution in [0.5, 0.6) is 17.2 Å². The zero-order valence-electron chi connectivity index (χ0n) is 17.8. The number of fused-ring (bicyclic) bond motifs is 1. The Morgan fingerprint density at radius 1 is 1.03 bits per heavy atom. The highest BCUT2D eigenvalue weighted by Crippen LogP contribution is 2.37. The van der Waals surface area contributed by atoms with E-state index in [0.717, 1.165) is 61.8 Å². The second-order valence-corrected chi connectivity index (χ2v) is 8.33. The lowest BCUT2D eigenvalue weighted by Crippen LogP contribution is -2.35. The van der Waals surface area contributed by atoms with Gasteiger partial charge in [-0.1, -0.05) is 6.07 Å². The van der Waals surface area contributed by atoms with Gasteiger partial charge in [-0.25, -0.2) is 4.79 Å². The molecule has 0 saturated carbocycles. The fourth-order valence-electron chi connectivity index (χ4n) is 4.63. The van der Waals surface area contributed by atoms with E-state index in [-0.39, 0.29) is 12.2 Å². The molecule has 31 heavy (non-hydrogen) atoms. The molecule has 1 amide bonds. The van der Waals surface area contributed by atoms with Gasteiger partial charge in [-0.3, -0.25) is 4.90 Å². The Bertz CT molecular complexity index is 924. The Kier molecular flexibility index (Phi) is 5.59. The summed E-state index contributed by atoms with van der Waals surface area (Å²) < 4.78 is 21.7. The fourth-order valence-corrected chi connectivity index (χ4v) is 4.63. The lowest BCUT2D eigenvalue weighted by Gasteiger charge is -2.32. The Hall–Kier alpha value is -2.93. The number of ether oxygens (including phenoxy) is 4. The summed E-state index contributed by atoms with van der Waals surface area (Å²) in [5, 5.41) is 0. The number of likely N-dealkylation sites (tertiary alicyclic amines) is 1. The molecule has 2 aromatic rings. The van der Waals surface area contributed by atoms with Crippen LogP contribution in [0.4, 0.5) is 10.5 Å². The molecule has 2 aromatic carbocycles. The first-order valence-electron chi connectivity index (χ1n) is 10.9. The molecular formula is C24H28N2O5. The first-order chi connectivity index (χ1) is 15.2. The van der Waals surface area contributed by atoms with Gasteiger partial charge in [0.05, 0.1) is 13.7 Å². The number of methoxy groups -OCH3 is 1. The number of cyclic esters (lactones) is 1. The van der Waals surface area contributed by atoms with Gasteiger partial charge in [0.25, 0.3) is 0 Å². The zero-order chi connectivity index (χ0) is 21.2. The largest absolute Gasteiger partial charge is 0.497 e. The molecule has 3 aliphatic rings. The molecule has 3 aliphatic heterocycles. The molecule has 3 heterocycles. The number of nitrogens with zero attached hydrogens (tertiary/aromatic N) is 2. The van der Waals surface area contributed by atoms with Crippen molar-refractivity contribution in [3.63, 3.8) is 0 Å². The summed E-state index contributed by atoms with van der Waals surface area (Å²) in [5.74, 6) is 3.04. The van der Waals surface area contributed by atoms with E-state index in [1.807, 2.05) is 30.3 Å². The quantitative estimate of drug-likeness (QED) is 0.698. The molecule has 164 valence electrons. The average molecular weight is 424 g/mol. The van der Waals surface area contributed by atoms with E-state index in [2.05, 4.69) is 17.0 Å². The molecule has 1 atom stereocenters. The van der Waals surface area contributed by atoms with Gasteiger partial charge in [0.1, 0.15) is 11.9 Å². The van der Waals surface area contributed by atoms with E-state index in [9.17, 15) is 4.79 Å². The van der Waals surface area contributed by atoms with Crippen LogP contribution in [-0.4, -0.2) is 57.2 Å². The highest BCUT2D eigenvalue weighted by Gasteiger charge is 2.33. The number of hydrogen-bond acceptors (Lipinski definition) is 6. The van der Waals surface area contributed by atoms with Crippen molar-refractivity contribution in [3.05, 3.63) is 48.0 Å². The molecule has 0 N–H and O–H groups in total. The SMILES string of the molecule is COc1ccc(N2CC(CCN3CCC(c4ccc5c(c4)OCO5)CC3)OC2=O)cc1. The van der Waals surface area contributed by atoms with E-state index < -0.39 is 0 Å². The predicted molar refractivity (Wildman–Crippen MR) is 116 cm³/mol. The Morgan fingerprint density at radius 2 is 1.81 bits per heavy atom. The number of amides is 1. The second-order valence-electron chi connectivity index (χ2n) is 8.33. The number of carbonyl (C=O) groups is 1. The monoisotopic (exact) mass is 424 g/mol. The maximum atomic E-state index is 12.3. The molecule has 0 radical (unpaired) electrons. The van der Waals surface area contributed by atoms with Gasteiger partial charge in [-0.15, -0.1) is 0 Å². The number of benzene rings is 2. The van der Waals surface area contributed by atoms with Gasteiger partial charge >= 0.3 is 6.09 Å². The summed E-state index contributed by atoms with van der Waals surface area (Å²) in [4.78, 5) is 16.5. The summed E-state index contributed by atoms with van der Waals surface area (Å²) in [6.45, 7) is 3.98. The summed E-state index contributed by atoms with van der Waals surface area (Å²) in [7, 11) is 1.63. The minimum Gasteiger partial charge on any atom is -0.497 e. The van der Waals surface area contributed by atoms with Gasteiger partial charge in [0, 0.05) is 12.2 Å². The Labute approximate surface area is 182 Å². The number of hydrogen-bond donors (Lipinski definition) is 0. The highest BCUT2D eigenvalue weighted by atomic mass is 16.7. The molecule has 5 rings (SSSR count). The van der Waals surface area contributed by atoms with E-state index >= 15 is 0 Å². The summed E-state index contributed by atoms with van der Waals surface area (Å²) in [6, 6.07) is 13.8. The zero-order valence-corrected chi connectivity index (χ0v) is 17.8. The fraction of sp³-hybridized carbons (Fsp3) is 0.458. The van der Waals surface area contributed by atoms with Crippen LogP contribution >= 0.6 is 0 Å². The molecule has 0 aliphatic carbocycles. The number of piperidine rings is 1. The minimum atomic E-state index is -0.267.